The van der Waals surface area contributed by atoms with E-state index in [1.54, 1.807) is 19.5 Å². The Morgan fingerprint density at radius 1 is 1.21 bits per heavy atom. The number of nitrogens with one attached hydrogen (secondary N) is 1. The van der Waals surface area contributed by atoms with Gasteiger partial charge in [0.05, 0.1) is 42.4 Å². The lowest BCUT2D eigenvalue weighted by molar-refractivity contribution is -0.259. The molecule has 196 valence electrons. The first-order chi connectivity index (χ1) is 18.4. The minimum Gasteiger partial charge on any atom is -0.495 e. The van der Waals surface area contributed by atoms with E-state index in [4.69, 9.17) is 15.5 Å². The SMILES string of the molecule is COc1cc(-c2cnc(C)n2C)ccc1Nc1cc2nc(C(C=NCC3(OF)CCC3)=CN)ccc2cn1. The Labute approximate surface area is 220 Å². The second-order valence-electron chi connectivity index (χ2n) is 9.45. The Morgan fingerprint density at radius 3 is 2.71 bits per heavy atom. The number of anilines is 2. The second kappa shape index (κ2) is 10.6. The maximum absolute atomic E-state index is 12.9. The van der Waals surface area contributed by atoms with Gasteiger partial charge in [-0.15, -0.1) is 0 Å². The summed E-state index contributed by atoms with van der Waals surface area (Å²) in [5, 5.41) is 4.21. The molecule has 0 atom stereocenters. The van der Waals surface area contributed by atoms with Gasteiger partial charge in [0.2, 0.25) is 0 Å². The van der Waals surface area contributed by atoms with Gasteiger partial charge in [-0.3, -0.25) is 4.99 Å². The molecule has 1 fully saturated rings. The van der Waals surface area contributed by atoms with Crippen LogP contribution >= 0.6 is 0 Å². The number of ether oxygens (including phenoxy) is 1. The van der Waals surface area contributed by atoms with Crippen molar-refractivity contribution in [2.45, 2.75) is 31.8 Å². The molecule has 9 nitrogen and oxygen atoms in total. The fraction of sp³-hybridized carbons (Fsp3) is 0.286. The van der Waals surface area contributed by atoms with Crippen molar-refractivity contribution in [1.82, 2.24) is 19.5 Å². The van der Waals surface area contributed by atoms with Gasteiger partial charge in [0, 0.05) is 48.2 Å². The first-order valence-electron chi connectivity index (χ1n) is 12.4. The van der Waals surface area contributed by atoms with E-state index in [9.17, 15) is 4.53 Å². The summed E-state index contributed by atoms with van der Waals surface area (Å²) in [6.45, 7) is 2.21. The van der Waals surface area contributed by atoms with Gasteiger partial charge >= 0.3 is 0 Å². The van der Waals surface area contributed by atoms with E-state index in [1.165, 1.54) is 6.20 Å². The molecule has 1 saturated carbocycles. The molecule has 1 aliphatic carbocycles. The van der Waals surface area contributed by atoms with E-state index in [2.05, 4.69) is 25.2 Å². The normalized spacial score (nSPS) is 15.1. The first kappa shape index (κ1) is 25.3. The van der Waals surface area contributed by atoms with Crippen LogP contribution in [0.3, 0.4) is 0 Å². The summed E-state index contributed by atoms with van der Waals surface area (Å²) in [6, 6.07) is 11.6. The Bertz CT molecular complexity index is 1520. The third-order valence-electron chi connectivity index (χ3n) is 7.07. The van der Waals surface area contributed by atoms with E-state index in [0.717, 1.165) is 40.1 Å². The van der Waals surface area contributed by atoms with E-state index in [-0.39, 0.29) is 6.54 Å². The fourth-order valence-corrected chi connectivity index (χ4v) is 4.44. The number of nitrogens with two attached hydrogens (primary N) is 1. The highest BCUT2D eigenvalue weighted by atomic mass is 19.3. The summed E-state index contributed by atoms with van der Waals surface area (Å²) in [4.78, 5) is 22.2. The molecule has 3 heterocycles. The number of fused-ring (bicyclic) bond motifs is 1. The van der Waals surface area contributed by atoms with Gasteiger partial charge in [0.15, 0.2) is 0 Å². The van der Waals surface area contributed by atoms with Crippen LogP contribution in [0.5, 0.6) is 5.75 Å². The zero-order valence-corrected chi connectivity index (χ0v) is 21.6. The van der Waals surface area contributed by atoms with Crippen molar-refractivity contribution < 1.29 is 14.2 Å². The number of rotatable bonds is 9. The summed E-state index contributed by atoms with van der Waals surface area (Å²) < 4.78 is 20.6. The van der Waals surface area contributed by atoms with Gasteiger partial charge in [0.1, 0.15) is 23.0 Å². The molecule has 10 heteroatoms. The van der Waals surface area contributed by atoms with Gasteiger partial charge in [-0.25, -0.2) is 15.0 Å². The molecule has 0 bridgehead atoms. The largest absolute Gasteiger partial charge is 0.495 e. The number of imidazole rings is 1. The van der Waals surface area contributed by atoms with Gasteiger partial charge < -0.3 is 20.4 Å². The molecule has 0 spiro atoms. The van der Waals surface area contributed by atoms with Crippen molar-refractivity contribution in [1.29, 1.82) is 0 Å². The van der Waals surface area contributed by atoms with Gasteiger partial charge in [-0.2, -0.15) is 4.94 Å². The Hall–Kier alpha value is -4.31. The van der Waals surface area contributed by atoms with Crippen LogP contribution < -0.4 is 15.8 Å². The number of halogens is 1. The Morgan fingerprint density at radius 2 is 2.05 bits per heavy atom. The Balaban J connectivity index is 1.37. The van der Waals surface area contributed by atoms with Crippen molar-refractivity contribution in [3.8, 4) is 17.0 Å². The predicted molar refractivity (Wildman–Crippen MR) is 147 cm³/mol. The number of pyridine rings is 2. The van der Waals surface area contributed by atoms with Crippen LogP contribution in [0.1, 0.15) is 30.8 Å². The third-order valence-corrected chi connectivity index (χ3v) is 7.07. The number of methoxy groups -OCH3 is 1. The van der Waals surface area contributed by atoms with Gasteiger partial charge in [0.25, 0.3) is 0 Å². The Kier molecular flexibility index (Phi) is 7.06. The lowest BCUT2D eigenvalue weighted by atomic mass is 9.80. The highest BCUT2D eigenvalue weighted by Gasteiger charge is 2.39. The molecule has 5 rings (SSSR count). The molecule has 1 aliphatic rings. The molecular weight excluding hydrogens is 485 g/mol. The molecule has 0 amide bonds. The summed E-state index contributed by atoms with van der Waals surface area (Å²) in [5.41, 5.74) is 9.85. The molecule has 38 heavy (non-hydrogen) atoms. The number of nitrogens with zero attached hydrogens (tertiary/aromatic N) is 5. The zero-order valence-electron chi connectivity index (χ0n) is 21.6. The summed E-state index contributed by atoms with van der Waals surface area (Å²) in [7, 11) is 3.62. The minimum absolute atomic E-state index is 0.243. The van der Waals surface area contributed by atoms with Crippen molar-refractivity contribution >= 4 is 34.2 Å². The molecule has 3 N–H and O–H groups in total. The number of aliphatic imine (C=N–C) groups is 1. The summed E-state index contributed by atoms with van der Waals surface area (Å²) >= 11 is 0. The van der Waals surface area contributed by atoms with E-state index < -0.39 is 5.60 Å². The van der Waals surface area contributed by atoms with Crippen molar-refractivity contribution in [2.75, 3.05) is 19.0 Å². The van der Waals surface area contributed by atoms with Crippen LogP contribution in [0.25, 0.3) is 27.7 Å². The maximum Gasteiger partial charge on any atom is 0.143 e. The molecular formula is C28H30FN7O2. The molecule has 3 aromatic heterocycles. The maximum atomic E-state index is 12.9. The van der Waals surface area contributed by atoms with Crippen molar-refractivity contribution in [3.05, 3.63) is 66.5 Å². The zero-order chi connectivity index (χ0) is 26.7. The van der Waals surface area contributed by atoms with Crippen molar-refractivity contribution in [3.63, 3.8) is 0 Å². The highest BCUT2D eigenvalue weighted by molar-refractivity contribution is 6.09. The quantitative estimate of drug-likeness (QED) is 0.292. The highest BCUT2D eigenvalue weighted by Crippen LogP contribution is 2.36. The number of allylic oxidation sites excluding steroid dienone is 1. The van der Waals surface area contributed by atoms with Crippen molar-refractivity contribution in [2.24, 2.45) is 17.8 Å². The smallest absolute Gasteiger partial charge is 0.143 e. The van der Waals surface area contributed by atoms with Crippen LogP contribution in [-0.2, 0) is 12.0 Å². The number of aromatic nitrogens is 4. The monoisotopic (exact) mass is 515 g/mol. The average Bonchev–Trinajstić information content (AvgIpc) is 3.25. The van der Waals surface area contributed by atoms with E-state index in [1.807, 2.05) is 61.1 Å². The lowest BCUT2D eigenvalue weighted by Crippen LogP contribution is -2.41. The molecule has 4 aromatic rings. The van der Waals surface area contributed by atoms with Crippen LogP contribution in [0.2, 0.25) is 0 Å². The van der Waals surface area contributed by atoms with Crippen LogP contribution in [-0.4, -0.2) is 45.0 Å². The summed E-state index contributed by atoms with van der Waals surface area (Å²) in [6.07, 6.45) is 8.93. The topological polar surface area (TPSA) is 112 Å². The average molecular weight is 516 g/mol. The van der Waals surface area contributed by atoms with Crippen LogP contribution in [0.15, 0.2) is 60.0 Å². The lowest BCUT2D eigenvalue weighted by Gasteiger charge is -2.35. The number of aryl methyl sites for hydroxylation is 1. The molecule has 0 radical (unpaired) electrons. The fourth-order valence-electron chi connectivity index (χ4n) is 4.44. The molecule has 0 saturated heterocycles. The van der Waals surface area contributed by atoms with Crippen LogP contribution in [0, 0.1) is 6.92 Å². The molecule has 1 aromatic carbocycles. The molecule has 0 aliphatic heterocycles. The van der Waals surface area contributed by atoms with E-state index in [0.29, 0.717) is 35.7 Å². The molecule has 0 unspecified atom stereocenters. The first-order valence-corrected chi connectivity index (χ1v) is 12.4. The van der Waals surface area contributed by atoms with E-state index >= 15 is 0 Å². The number of benzene rings is 1. The summed E-state index contributed by atoms with van der Waals surface area (Å²) in [5.74, 6) is 2.22. The number of hydrogen-bond donors (Lipinski definition) is 2. The number of hydrogen-bond acceptors (Lipinski definition) is 8. The second-order valence-corrected chi connectivity index (χ2v) is 9.45. The predicted octanol–water partition coefficient (Wildman–Crippen LogP) is 5.29. The third kappa shape index (κ3) is 4.95. The van der Waals surface area contributed by atoms with Gasteiger partial charge in [-0.1, -0.05) is 6.07 Å². The van der Waals surface area contributed by atoms with Gasteiger partial charge in [-0.05, 0) is 55.0 Å². The standard InChI is InChI=1S/C28H30FN7O2/c1-18-32-16-25(36(18)2)19-5-8-23(26(11-19)37-3)35-27-12-24-20(15-33-27)6-7-22(34-24)21(13-30)14-31-17-28(38-29)9-4-10-28/h5-8,11-16H,4,9-10,17,30H2,1-3H3,(H,33,35). The van der Waals surface area contributed by atoms with Crippen LogP contribution in [0.4, 0.5) is 16.0 Å². The minimum atomic E-state index is -0.796.